The molecule has 0 unspecified atom stereocenters. The highest BCUT2D eigenvalue weighted by Gasteiger charge is 2.07. The molecule has 4 nitrogen and oxygen atoms in total. The van der Waals surface area contributed by atoms with Gasteiger partial charge in [0.15, 0.2) is 0 Å². The fourth-order valence-corrected chi connectivity index (χ4v) is 2.75. The van der Waals surface area contributed by atoms with Gasteiger partial charge in [-0.3, -0.25) is 10.3 Å². The number of amides is 2. The van der Waals surface area contributed by atoms with Crippen molar-refractivity contribution in [1.82, 2.24) is 4.98 Å². The van der Waals surface area contributed by atoms with Gasteiger partial charge in [0.25, 0.3) is 0 Å². The largest absolute Gasteiger partial charge is 0.324 e. The molecular formula is C15H14ClN3OS. The Labute approximate surface area is 132 Å². The summed E-state index contributed by atoms with van der Waals surface area (Å²) in [6, 6.07) is 11.2. The number of pyridine rings is 1. The zero-order valence-electron chi connectivity index (χ0n) is 11.3. The van der Waals surface area contributed by atoms with E-state index < -0.39 is 0 Å². The number of nitrogens with zero attached hydrogens (tertiary/aromatic N) is 1. The second kappa shape index (κ2) is 6.56. The number of anilines is 2. The highest BCUT2D eigenvalue weighted by Crippen LogP contribution is 2.22. The number of fused-ring (bicyclic) bond motifs is 1. The number of para-hydroxylation sites is 1. The minimum Gasteiger partial charge on any atom is -0.307 e. The Kier molecular flexibility index (Phi) is 4.77. The average Bonchev–Trinajstić information content (AvgIpc) is 2.84. The van der Waals surface area contributed by atoms with E-state index in [9.17, 15) is 4.79 Å². The Morgan fingerprint density at radius 1 is 1.19 bits per heavy atom. The minimum absolute atomic E-state index is 0. The lowest BCUT2D eigenvalue weighted by Crippen LogP contribution is -2.18. The summed E-state index contributed by atoms with van der Waals surface area (Å²) in [5, 5.41) is 9.44. The van der Waals surface area contributed by atoms with E-state index in [0.29, 0.717) is 0 Å². The van der Waals surface area contributed by atoms with Crippen molar-refractivity contribution in [3.05, 3.63) is 53.5 Å². The fourth-order valence-electron chi connectivity index (χ4n) is 1.97. The molecule has 2 amide bonds. The number of thiophene rings is 1. The van der Waals surface area contributed by atoms with Crippen molar-refractivity contribution in [2.75, 3.05) is 10.6 Å². The summed E-state index contributed by atoms with van der Waals surface area (Å²) < 4.78 is 0. The van der Waals surface area contributed by atoms with Crippen LogP contribution in [0.2, 0.25) is 0 Å². The normalized spacial score (nSPS) is 9.95. The van der Waals surface area contributed by atoms with Gasteiger partial charge in [0.05, 0.1) is 16.2 Å². The van der Waals surface area contributed by atoms with E-state index >= 15 is 0 Å². The average molecular weight is 320 g/mol. The topological polar surface area (TPSA) is 54.0 Å². The van der Waals surface area contributed by atoms with Crippen LogP contribution in [0.5, 0.6) is 0 Å². The van der Waals surface area contributed by atoms with Crippen LogP contribution >= 0.6 is 23.7 Å². The summed E-state index contributed by atoms with van der Waals surface area (Å²) in [5.74, 6) is 0. The molecule has 0 saturated carbocycles. The summed E-state index contributed by atoms with van der Waals surface area (Å²) >= 11 is 1.51. The quantitative estimate of drug-likeness (QED) is 0.721. The maximum Gasteiger partial charge on any atom is 0.324 e. The lowest BCUT2D eigenvalue weighted by atomic mass is 10.2. The summed E-state index contributed by atoms with van der Waals surface area (Å²) in [4.78, 5) is 16.3. The van der Waals surface area contributed by atoms with Crippen molar-refractivity contribution in [2.24, 2.45) is 0 Å². The molecule has 1 aromatic carbocycles. The second-order valence-corrected chi connectivity index (χ2v) is 5.35. The molecule has 0 atom stereocenters. The van der Waals surface area contributed by atoms with Crippen LogP contribution in [-0.2, 0) is 0 Å². The van der Waals surface area contributed by atoms with Crippen molar-refractivity contribution in [1.29, 1.82) is 0 Å². The Hall–Kier alpha value is -2.11. The standard InChI is InChI=1S/C15H13N3OS.ClH/c1-10-8-14(20-9-10)18-15(19)17-13-6-7-16-12-5-3-2-4-11(12)13;/h2-9H,1H3,(H2,16,17,18,19);1H. The first kappa shape index (κ1) is 15.3. The number of carbonyl (C=O) groups is 1. The van der Waals surface area contributed by atoms with Gasteiger partial charge in [-0.15, -0.1) is 23.7 Å². The molecule has 2 N–H and O–H groups in total. The first-order chi connectivity index (χ1) is 9.72. The predicted molar refractivity (Wildman–Crippen MR) is 90.7 cm³/mol. The number of aryl methyl sites for hydroxylation is 1. The smallest absolute Gasteiger partial charge is 0.307 e. The zero-order valence-corrected chi connectivity index (χ0v) is 12.9. The molecule has 2 heterocycles. The summed E-state index contributed by atoms with van der Waals surface area (Å²) in [6.07, 6.45) is 1.69. The fraction of sp³-hybridized carbons (Fsp3) is 0.0667. The number of benzene rings is 1. The summed E-state index contributed by atoms with van der Waals surface area (Å²) in [7, 11) is 0. The van der Waals surface area contributed by atoms with Crippen LogP contribution in [0.15, 0.2) is 48.0 Å². The van der Waals surface area contributed by atoms with Gasteiger partial charge in [-0.2, -0.15) is 0 Å². The number of nitrogens with one attached hydrogen (secondary N) is 2. The number of halogens is 1. The maximum absolute atomic E-state index is 12.0. The Morgan fingerprint density at radius 2 is 2.00 bits per heavy atom. The molecular weight excluding hydrogens is 306 g/mol. The third kappa shape index (κ3) is 3.51. The van der Waals surface area contributed by atoms with Gasteiger partial charge in [0.1, 0.15) is 0 Å². The van der Waals surface area contributed by atoms with Gasteiger partial charge in [-0.1, -0.05) is 18.2 Å². The summed E-state index contributed by atoms with van der Waals surface area (Å²) in [5.41, 5.74) is 2.75. The van der Waals surface area contributed by atoms with E-state index in [1.165, 1.54) is 11.3 Å². The lowest BCUT2D eigenvalue weighted by molar-refractivity contribution is 0.262. The molecule has 0 fully saturated rings. The number of carbonyl (C=O) groups excluding carboxylic acids is 1. The molecule has 0 aliphatic carbocycles. The van der Waals surface area contributed by atoms with E-state index in [1.54, 1.807) is 12.3 Å². The van der Waals surface area contributed by atoms with Crippen LogP contribution in [-0.4, -0.2) is 11.0 Å². The maximum atomic E-state index is 12.0. The van der Waals surface area contributed by atoms with Gasteiger partial charge in [0, 0.05) is 11.6 Å². The number of hydrogen-bond acceptors (Lipinski definition) is 3. The van der Waals surface area contributed by atoms with Crippen LogP contribution in [0, 0.1) is 6.92 Å². The van der Waals surface area contributed by atoms with Gasteiger partial charge < -0.3 is 5.32 Å². The molecule has 108 valence electrons. The molecule has 21 heavy (non-hydrogen) atoms. The molecule has 0 saturated heterocycles. The molecule has 2 aromatic heterocycles. The zero-order chi connectivity index (χ0) is 13.9. The molecule has 3 rings (SSSR count). The molecule has 0 radical (unpaired) electrons. The van der Waals surface area contributed by atoms with Crippen LogP contribution in [0.4, 0.5) is 15.5 Å². The first-order valence-electron chi connectivity index (χ1n) is 6.19. The van der Waals surface area contributed by atoms with Crippen LogP contribution in [0.3, 0.4) is 0 Å². The SMILES string of the molecule is Cc1csc(NC(=O)Nc2ccnc3ccccc23)c1.Cl. The lowest BCUT2D eigenvalue weighted by Gasteiger charge is -2.08. The van der Waals surface area contributed by atoms with Crippen molar-refractivity contribution >= 4 is 51.4 Å². The van der Waals surface area contributed by atoms with Crippen molar-refractivity contribution in [3.8, 4) is 0 Å². The highest BCUT2D eigenvalue weighted by atomic mass is 35.5. The Bertz CT molecular complexity index is 767. The van der Waals surface area contributed by atoms with Gasteiger partial charge >= 0.3 is 6.03 Å². The van der Waals surface area contributed by atoms with Crippen molar-refractivity contribution < 1.29 is 4.79 Å². The first-order valence-corrected chi connectivity index (χ1v) is 7.07. The monoisotopic (exact) mass is 319 g/mol. The molecule has 0 bridgehead atoms. The number of rotatable bonds is 2. The van der Waals surface area contributed by atoms with Crippen LogP contribution in [0.25, 0.3) is 10.9 Å². The third-order valence-corrected chi connectivity index (χ3v) is 3.83. The Balaban J connectivity index is 0.00000161. The second-order valence-electron chi connectivity index (χ2n) is 4.44. The van der Waals surface area contributed by atoms with Gasteiger partial charge in [0.2, 0.25) is 0 Å². The van der Waals surface area contributed by atoms with Crippen LogP contribution < -0.4 is 10.6 Å². The van der Waals surface area contributed by atoms with E-state index in [0.717, 1.165) is 27.2 Å². The molecule has 3 aromatic rings. The molecule has 0 aliphatic heterocycles. The van der Waals surface area contributed by atoms with Crippen molar-refractivity contribution in [3.63, 3.8) is 0 Å². The number of aromatic nitrogens is 1. The van der Waals surface area contributed by atoms with Crippen LogP contribution in [0.1, 0.15) is 5.56 Å². The minimum atomic E-state index is -0.247. The third-order valence-electron chi connectivity index (χ3n) is 2.86. The van der Waals surface area contributed by atoms with E-state index in [-0.39, 0.29) is 18.4 Å². The van der Waals surface area contributed by atoms with Gasteiger partial charge in [-0.05, 0) is 36.1 Å². The summed E-state index contributed by atoms with van der Waals surface area (Å²) in [6.45, 7) is 2.00. The number of hydrogen-bond donors (Lipinski definition) is 2. The van der Waals surface area contributed by atoms with Gasteiger partial charge in [-0.25, -0.2) is 4.79 Å². The molecule has 6 heteroatoms. The Morgan fingerprint density at radius 3 is 2.76 bits per heavy atom. The predicted octanol–water partition coefficient (Wildman–Crippen LogP) is 4.67. The van der Waals surface area contributed by atoms with E-state index in [4.69, 9.17) is 0 Å². The van der Waals surface area contributed by atoms with E-state index in [1.807, 2.05) is 42.6 Å². The molecule has 0 spiro atoms. The number of urea groups is 1. The van der Waals surface area contributed by atoms with E-state index in [2.05, 4.69) is 15.6 Å². The highest BCUT2D eigenvalue weighted by molar-refractivity contribution is 7.14. The van der Waals surface area contributed by atoms with Crippen molar-refractivity contribution in [2.45, 2.75) is 6.92 Å². The molecule has 0 aliphatic rings.